The van der Waals surface area contributed by atoms with Gasteiger partial charge in [0, 0.05) is 10.8 Å². The molecule has 3 aromatic rings. The van der Waals surface area contributed by atoms with Crippen LogP contribution in [0, 0.1) is 0 Å². The molecule has 0 aliphatic heterocycles. The lowest BCUT2D eigenvalue weighted by Crippen LogP contribution is -2.10. The van der Waals surface area contributed by atoms with Crippen LogP contribution in [0.5, 0.6) is 28.7 Å². The van der Waals surface area contributed by atoms with Gasteiger partial charge in [-0.2, -0.15) is 8.42 Å². The van der Waals surface area contributed by atoms with Crippen LogP contribution in [0.15, 0.2) is 53.4 Å². The van der Waals surface area contributed by atoms with Crippen LogP contribution >= 0.6 is 0 Å². The Kier molecular flexibility index (Phi) is 3.61. The molecule has 0 bridgehead atoms. The van der Waals surface area contributed by atoms with E-state index in [1.807, 2.05) is 0 Å². The fourth-order valence-electron chi connectivity index (χ4n) is 2.27. The molecule has 0 radical (unpaired) electrons. The van der Waals surface area contributed by atoms with E-state index in [1.165, 1.54) is 30.3 Å². The lowest BCUT2D eigenvalue weighted by Gasteiger charge is -2.12. The van der Waals surface area contributed by atoms with Gasteiger partial charge in [0.1, 0.15) is 4.90 Å². The topological polar surface area (TPSA) is 124 Å². The monoisotopic (exact) mass is 348 g/mol. The highest BCUT2D eigenvalue weighted by Crippen LogP contribution is 2.40. The smallest absolute Gasteiger partial charge is 0.340 e. The van der Waals surface area contributed by atoms with E-state index >= 15 is 0 Å². The quantitative estimate of drug-likeness (QED) is 0.423. The molecule has 4 N–H and O–H groups in total. The number of phenols is 4. The minimum atomic E-state index is -4.43. The van der Waals surface area contributed by atoms with Crippen molar-refractivity contribution in [3.8, 4) is 28.7 Å². The number of aromatic hydroxyl groups is 4. The van der Waals surface area contributed by atoms with Crippen molar-refractivity contribution < 1.29 is 33.0 Å². The van der Waals surface area contributed by atoms with E-state index in [0.29, 0.717) is 0 Å². The number of hydrogen-bond donors (Lipinski definition) is 4. The van der Waals surface area contributed by atoms with Gasteiger partial charge in [0.25, 0.3) is 0 Å². The van der Waals surface area contributed by atoms with E-state index in [2.05, 4.69) is 0 Å². The maximum Gasteiger partial charge on any atom is 0.340 e. The molecule has 0 amide bonds. The standard InChI is InChI=1S/C16H12O7S/c17-11-8-7-9-10(15(11)20)3-1-6-14(9)24(21,22)23-16-12(18)4-2-5-13(16)19/h1-8,17-20H. The molecule has 0 unspecified atom stereocenters. The van der Waals surface area contributed by atoms with Gasteiger partial charge < -0.3 is 24.6 Å². The first kappa shape index (κ1) is 15.8. The van der Waals surface area contributed by atoms with Crippen molar-refractivity contribution in [1.82, 2.24) is 0 Å². The summed E-state index contributed by atoms with van der Waals surface area (Å²) in [5.41, 5.74) is 0. The molecule has 0 saturated carbocycles. The molecule has 0 spiro atoms. The van der Waals surface area contributed by atoms with Gasteiger partial charge in [-0.3, -0.25) is 0 Å². The minimum Gasteiger partial charge on any atom is -0.504 e. The number of phenolic OH excluding ortho intramolecular Hbond substituents is 4. The summed E-state index contributed by atoms with van der Waals surface area (Å²) in [5.74, 6) is -2.54. The van der Waals surface area contributed by atoms with Gasteiger partial charge in [-0.1, -0.05) is 18.2 Å². The van der Waals surface area contributed by atoms with Crippen molar-refractivity contribution >= 4 is 20.9 Å². The summed E-state index contributed by atoms with van der Waals surface area (Å²) in [4.78, 5) is -0.294. The molecule has 0 heterocycles. The fraction of sp³-hybridized carbons (Fsp3) is 0. The second kappa shape index (κ2) is 5.50. The van der Waals surface area contributed by atoms with Crippen molar-refractivity contribution in [2.75, 3.05) is 0 Å². The van der Waals surface area contributed by atoms with Crippen LogP contribution < -0.4 is 4.18 Å². The molecule has 0 saturated heterocycles. The van der Waals surface area contributed by atoms with Crippen molar-refractivity contribution in [3.63, 3.8) is 0 Å². The van der Waals surface area contributed by atoms with Crippen molar-refractivity contribution in [1.29, 1.82) is 0 Å². The average molecular weight is 348 g/mol. The molecule has 0 aliphatic rings. The van der Waals surface area contributed by atoms with Gasteiger partial charge in [0.15, 0.2) is 23.0 Å². The lowest BCUT2D eigenvalue weighted by atomic mass is 10.1. The van der Waals surface area contributed by atoms with Gasteiger partial charge >= 0.3 is 10.1 Å². The zero-order valence-corrected chi connectivity index (χ0v) is 12.9. The van der Waals surface area contributed by atoms with Crippen LogP contribution in [-0.2, 0) is 10.1 Å². The van der Waals surface area contributed by atoms with Crippen LogP contribution in [0.25, 0.3) is 10.8 Å². The van der Waals surface area contributed by atoms with E-state index in [4.69, 9.17) is 4.18 Å². The van der Waals surface area contributed by atoms with Gasteiger partial charge in [-0.05, 0) is 30.3 Å². The first-order chi connectivity index (χ1) is 11.3. The predicted octanol–water partition coefficient (Wildman–Crippen LogP) is 2.43. The maximum absolute atomic E-state index is 12.5. The van der Waals surface area contributed by atoms with Gasteiger partial charge in [0.05, 0.1) is 0 Å². The lowest BCUT2D eigenvalue weighted by molar-refractivity contribution is 0.395. The summed E-state index contributed by atoms with van der Waals surface area (Å²) >= 11 is 0. The summed E-state index contributed by atoms with van der Waals surface area (Å²) in [5, 5.41) is 39.0. The van der Waals surface area contributed by atoms with Crippen molar-refractivity contribution in [2.45, 2.75) is 4.90 Å². The van der Waals surface area contributed by atoms with Crippen LogP contribution in [0.1, 0.15) is 0 Å². The van der Waals surface area contributed by atoms with Crippen molar-refractivity contribution in [3.05, 3.63) is 48.5 Å². The molecule has 24 heavy (non-hydrogen) atoms. The number of rotatable bonds is 3. The number of para-hydroxylation sites is 1. The Morgan fingerprint density at radius 2 is 1.33 bits per heavy atom. The normalized spacial score (nSPS) is 11.5. The van der Waals surface area contributed by atoms with Crippen LogP contribution in [-0.4, -0.2) is 28.8 Å². The Hall–Kier alpha value is -3.13. The first-order valence-electron chi connectivity index (χ1n) is 6.70. The molecular weight excluding hydrogens is 336 g/mol. The van der Waals surface area contributed by atoms with E-state index in [1.54, 1.807) is 0 Å². The first-order valence-corrected chi connectivity index (χ1v) is 8.11. The molecule has 124 valence electrons. The second-order valence-electron chi connectivity index (χ2n) is 4.95. The molecule has 0 aliphatic carbocycles. The number of hydrogen-bond acceptors (Lipinski definition) is 7. The highest BCUT2D eigenvalue weighted by Gasteiger charge is 2.24. The molecule has 0 aromatic heterocycles. The summed E-state index contributed by atoms with van der Waals surface area (Å²) < 4.78 is 29.9. The summed E-state index contributed by atoms with van der Waals surface area (Å²) in [6, 6.07) is 10.1. The second-order valence-corrected chi connectivity index (χ2v) is 6.46. The SMILES string of the molecule is O=S(=O)(Oc1c(O)cccc1O)c1cccc2c(O)c(O)ccc12. The fourth-order valence-corrected chi connectivity index (χ4v) is 3.45. The van der Waals surface area contributed by atoms with E-state index in [9.17, 15) is 28.8 Å². The summed E-state index contributed by atoms with van der Waals surface area (Å²) in [6.07, 6.45) is 0. The van der Waals surface area contributed by atoms with Crippen LogP contribution in [0.2, 0.25) is 0 Å². The third-order valence-electron chi connectivity index (χ3n) is 3.41. The maximum atomic E-state index is 12.5. The highest BCUT2D eigenvalue weighted by atomic mass is 32.2. The zero-order valence-electron chi connectivity index (χ0n) is 12.0. The molecule has 0 fully saturated rings. The van der Waals surface area contributed by atoms with E-state index < -0.39 is 38.9 Å². The van der Waals surface area contributed by atoms with E-state index in [0.717, 1.165) is 18.2 Å². The Labute approximate surface area is 136 Å². The van der Waals surface area contributed by atoms with Gasteiger partial charge in [-0.25, -0.2) is 0 Å². The molecule has 0 atom stereocenters. The summed E-state index contributed by atoms with van der Waals surface area (Å²) in [7, 11) is -4.43. The number of fused-ring (bicyclic) bond motifs is 1. The Bertz CT molecular complexity index is 1020. The summed E-state index contributed by atoms with van der Waals surface area (Å²) in [6.45, 7) is 0. The van der Waals surface area contributed by atoms with Gasteiger partial charge in [-0.15, -0.1) is 0 Å². The van der Waals surface area contributed by atoms with Gasteiger partial charge in [0.2, 0.25) is 5.75 Å². The third kappa shape index (κ3) is 2.52. The predicted molar refractivity (Wildman–Crippen MR) is 84.9 cm³/mol. The van der Waals surface area contributed by atoms with Crippen molar-refractivity contribution in [2.24, 2.45) is 0 Å². The molecule has 8 heteroatoms. The molecular formula is C16H12O7S. The van der Waals surface area contributed by atoms with Crippen LogP contribution in [0.4, 0.5) is 0 Å². The number of benzene rings is 3. The Morgan fingerprint density at radius 1 is 0.708 bits per heavy atom. The Balaban J connectivity index is 2.18. The Morgan fingerprint density at radius 3 is 2.00 bits per heavy atom. The molecule has 3 rings (SSSR count). The largest absolute Gasteiger partial charge is 0.504 e. The van der Waals surface area contributed by atoms with E-state index in [-0.39, 0.29) is 15.7 Å². The third-order valence-corrected chi connectivity index (χ3v) is 4.69. The average Bonchev–Trinajstić information content (AvgIpc) is 2.54. The molecule has 3 aromatic carbocycles. The minimum absolute atomic E-state index is 0.112. The van der Waals surface area contributed by atoms with Crippen LogP contribution in [0.3, 0.4) is 0 Å². The highest BCUT2D eigenvalue weighted by molar-refractivity contribution is 7.87. The molecule has 7 nitrogen and oxygen atoms in total. The zero-order chi connectivity index (χ0) is 17.5.